The lowest BCUT2D eigenvalue weighted by atomic mass is 10.0. The molecule has 2 heterocycles. The van der Waals surface area contributed by atoms with Gasteiger partial charge in [-0.1, -0.05) is 18.2 Å². The Balaban J connectivity index is 1.53. The molecule has 1 fully saturated rings. The summed E-state index contributed by atoms with van der Waals surface area (Å²) in [6.07, 6.45) is 1.89. The normalized spacial score (nSPS) is 27.9. The number of sulfone groups is 1. The van der Waals surface area contributed by atoms with Gasteiger partial charge in [0.25, 0.3) is 0 Å². The summed E-state index contributed by atoms with van der Waals surface area (Å²) in [6, 6.07) is 7.71. The van der Waals surface area contributed by atoms with Gasteiger partial charge in [-0.2, -0.15) is 0 Å². The van der Waals surface area contributed by atoms with Gasteiger partial charge < -0.3 is 10.6 Å². The fourth-order valence-electron chi connectivity index (χ4n) is 3.31. The molecule has 3 rings (SSSR count). The van der Waals surface area contributed by atoms with E-state index in [1.807, 2.05) is 24.3 Å². The van der Waals surface area contributed by atoms with Crippen LogP contribution in [0.5, 0.6) is 0 Å². The Labute approximate surface area is 152 Å². The van der Waals surface area contributed by atoms with Crippen LogP contribution < -0.4 is 10.6 Å². The van der Waals surface area contributed by atoms with Crippen LogP contribution in [0.1, 0.15) is 25.3 Å². The fraction of sp³-hybridized carbons (Fsp3) is 0.529. The van der Waals surface area contributed by atoms with Crippen molar-refractivity contribution >= 4 is 39.1 Å². The first-order valence-electron chi connectivity index (χ1n) is 8.28. The van der Waals surface area contributed by atoms with Gasteiger partial charge in [-0.15, -0.1) is 11.8 Å². The second-order valence-electron chi connectivity index (χ2n) is 6.94. The number of carbonyl (C=O) groups excluding carboxylic acids is 2. The van der Waals surface area contributed by atoms with E-state index in [9.17, 15) is 18.0 Å². The molecular weight excluding hydrogens is 360 g/mol. The lowest BCUT2D eigenvalue weighted by molar-refractivity contribution is -0.120. The van der Waals surface area contributed by atoms with Gasteiger partial charge in [-0.25, -0.2) is 8.42 Å². The molecule has 0 unspecified atom stereocenters. The van der Waals surface area contributed by atoms with Gasteiger partial charge >= 0.3 is 0 Å². The minimum atomic E-state index is -3.06. The van der Waals surface area contributed by atoms with Crippen LogP contribution in [0.3, 0.4) is 0 Å². The van der Waals surface area contributed by atoms with Gasteiger partial charge in [0.1, 0.15) is 0 Å². The summed E-state index contributed by atoms with van der Waals surface area (Å²) in [6.45, 7) is 1.76. The number of hydrogen-bond donors (Lipinski definition) is 2. The first-order chi connectivity index (χ1) is 11.8. The molecule has 2 aliphatic heterocycles. The Bertz CT molecular complexity index is 794. The van der Waals surface area contributed by atoms with Crippen LogP contribution in [0.4, 0.5) is 5.69 Å². The molecule has 1 aromatic carbocycles. The Hall–Kier alpha value is -1.54. The van der Waals surface area contributed by atoms with Crippen molar-refractivity contribution in [3.8, 4) is 0 Å². The van der Waals surface area contributed by atoms with Crippen molar-refractivity contribution in [2.45, 2.75) is 37.0 Å². The average Bonchev–Trinajstić information content (AvgIpc) is 2.71. The Morgan fingerprint density at radius 3 is 2.88 bits per heavy atom. The smallest absolute Gasteiger partial charge is 0.237 e. The molecule has 136 valence electrons. The monoisotopic (exact) mass is 382 g/mol. The average molecular weight is 383 g/mol. The van der Waals surface area contributed by atoms with Gasteiger partial charge in [0.05, 0.1) is 28.0 Å². The van der Waals surface area contributed by atoms with Gasteiger partial charge in [0, 0.05) is 5.69 Å². The molecule has 1 aromatic rings. The van der Waals surface area contributed by atoms with Gasteiger partial charge in [-0.3, -0.25) is 9.59 Å². The lowest BCUT2D eigenvalue weighted by Crippen LogP contribution is -2.47. The van der Waals surface area contributed by atoms with E-state index in [1.54, 1.807) is 6.92 Å². The van der Waals surface area contributed by atoms with Crippen LogP contribution in [-0.4, -0.2) is 48.3 Å². The van der Waals surface area contributed by atoms with E-state index in [2.05, 4.69) is 10.6 Å². The maximum Gasteiger partial charge on any atom is 0.237 e. The largest absolute Gasteiger partial charge is 0.349 e. The van der Waals surface area contributed by atoms with Crippen LogP contribution in [0.2, 0.25) is 0 Å². The van der Waals surface area contributed by atoms with E-state index >= 15 is 0 Å². The summed E-state index contributed by atoms with van der Waals surface area (Å²) in [5, 5.41) is 5.45. The highest BCUT2D eigenvalue weighted by Gasteiger charge is 2.39. The summed E-state index contributed by atoms with van der Waals surface area (Å²) in [4.78, 5) is 24.5. The third-order valence-corrected chi connectivity index (χ3v) is 7.79. The number of fused-ring (bicyclic) bond motifs is 1. The van der Waals surface area contributed by atoms with E-state index in [-0.39, 0.29) is 34.3 Å². The topological polar surface area (TPSA) is 92.3 Å². The molecule has 0 aliphatic carbocycles. The zero-order chi connectivity index (χ0) is 18.1. The maximum atomic E-state index is 12.3. The number of rotatable bonds is 4. The number of anilines is 1. The van der Waals surface area contributed by atoms with Crippen molar-refractivity contribution in [3.63, 3.8) is 0 Å². The zero-order valence-corrected chi connectivity index (χ0v) is 15.7. The third kappa shape index (κ3) is 4.55. The number of carbonyl (C=O) groups is 2. The Kier molecular flexibility index (Phi) is 5.11. The first kappa shape index (κ1) is 18.3. The van der Waals surface area contributed by atoms with Crippen molar-refractivity contribution in [2.24, 2.45) is 0 Å². The predicted octanol–water partition coefficient (Wildman–Crippen LogP) is 1.37. The molecule has 2 N–H and O–H groups in total. The molecule has 2 atom stereocenters. The van der Waals surface area contributed by atoms with Gasteiger partial charge in [0.15, 0.2) is 9.84 Å². The summed E-state index contributed by atoms with van der Waals surface area (Å²) in [5.74, 6) is -0.0727. The molecule has 25 heavy (non-hydrogen) atoms. The third-order valence-electron chi connectivity index (χ3n) is 4.60. The number of benzene rings is 1. The highest BCUT2D eigenvalue weighted by molar-refractivity contribution is 8.01. The summed E-state index contributed by atoms with van der Waals surface area (Å²) in [5.41, 5.74) is 1.24. The minimum absolute atomic E-state index is 0.0182. The van der Waals surface area contributed by atoms with Gasteiger partial charge in [-0.05, 0) is 37.8 Å². The number of aryl methyl sites for hydroxylation is 1. The van der Waals surface area contributed by atoms with Crippen molar-refractivity contribution in [1.82, 2.24) is 5.32 Å². The van der Waals surface area contributed by atoms with Gasteiger partial charge in [0.2, 0.25) is 11.8 Å². The van der Waals surface area contributed by atoms with Crippen LogP contribution >= 0.6 is 11.8 Å². The van der Waals surface area contributed by atoms with Crippen LogP contribution in [0.25, 0.3) is 0 Å². The number of thioether (sulfide) groups is 1. The van der Waals surface area contributed by atoms with Crippen molar-refractivity contribution < 1.29 is 18.0 Å². The summed E-state index contributed by atoms with van der Waals surface area (Å²) >= 11 is 1.31. The highest BCUT2D eigenvalue weighted by atomic mass is 32.2. The lowest BCUT2D eigenvalue weighted by Gasteiger charge is -2.24. The zero-order valence-electron chi connectivity index (χ0n) is 14.1. The molecule has 8 heteroatoms. The quantitative estimate of drug-likeness (QED) is 0.820. The summed E-state index contributed by atoms with van der Waals surface area (Å²) < 4.78 is 23.2. The second-order valence-corrected chi connectivity index (χ2v) is 10.3. The molecular formula is C17H22N2O4S2. The number of amides is 2. The maximum absolute atomic E-state index is 12.3. The van der Waals surface area contributed by atoms with E-state index in [0.717, 1.165) is 17.7 Å². The predicted molar refractivity (Wildman–Crippen MR) is 99.5 cm³/mol. The first-order valence-corrected chi connectivity index (χ1v) is 11.2. The number of nitrogens with one attached hydrogen (secondary N) is 2. The number of para-hydroxylation sites is 1. The molecule has 0 bridgehead atoms. The molecule has 0 spiro atoms. The van der Waals surface area contributed by atoms with E-state index in [1.165, 1.54) is 11.8 Å². The van der Waals surface area contributed by atoms with Crippen LogP contribution in [0.15, 0.2) is 24.3 Å². The molecule has 6 nitrogen and oxygen atoms in total. The number of hydrogen-bond acceptors (Lipinski definition) is 5. The van der Waals surface area contributed by atoms with E-state index < -0.39 is 15.4 Å². The molecule has 2 amide bonds. The molecule has 0 aromatic heterocycles. The van der Waals surface area contributed by atoms with E-state index in [0.29, 0.717) is 12.8 Å². The van der Waals surface area contributed by atoms with Crippen LogP contribution in [-0.2, 0) is 25.8 Å². The fourth-order valence-corrected chi connectivity index (χ4v) is 6.32. The SMILES string of the molecule is C[C@]1(NC(=O)CS[C@H]2CCc3ccccc3NC2=O)CCS(=O)(=O)C1. The van der Waals surface area contributed by atoms with E-state index in [4.69, 9.17) is 0 Å². The highest BCUT2D eigenvalue weighted by Crippen LogP contribution is 2.27. The molecule has 0 saturated carbocycles. The van der Waals surface area contributed by atoms with Crippen LogP contribution in [0, 0.1) is 0 Å². The Morgan fingerprint density at radius 2 is 2.16 bits per heavy atom. The molecule has 2 aliphatic rings. The van der Waals surface area contributed by atoms with Crippen molar-refractivity contribution in [2.75, 3.05) is 22.6 Å². The molecule has 1 saturated heterocycles. The Morgan fingerprint density at radius 1 is 1.40 bits per heavy atom. The molecule has 0 radical (unpaired) electrons. The second kappa shape index (κ2) is 6.99. The summed E-state index contributed by atoms with van der Waals surface area (Å²) in [7, 11) is -3.06. The standard InChI is InChI=1S/C17H22N2O4S2/c1-17(8-9-25(22,23)11-17)19-15(20)10-24-14-7-6-12-4-2-3-5-13(12)18-16(14)21/h2-5,14H,6-11H2,1H3,(H,18,21)(H,19,20)/t14-,17-/m0/s1. The van der Waals surface area contributed by atoms with Crippen molar-refractivity contribution in [1.29, 1.82) is 0 Å². The minimum Gasteiger partial charge on any atom is -0.349 e. The van der Waals surface area contributed by atoms with Crippen molar-refractivity contribution in [3.05, 3.63) is 29.8 Å².